The van der Waals surface area contributed by atoms with Gasteiger partial charge in [0.15, 0.2) is 0 Å². The monoisotopic (exact) mass is 353 g/mol. The molecule has 2 amide bonds. The number of piperidine rings is 1. The Bertz CT molecular complexity index is 552. The lowest BCUT2D eigenvalue weighted by atomic mass is 10.0. The molecule has 6 heteroatoms. The number of likely N-dealkylation sites (tertiary alicyclic amines) is 1. The molecule has 1 aromatic rings. The van der Waals surface area contributed by atoms with Crippen molar-refractivity contribution in [1.82, 2.24) is 15.5 Å². The van der Waals surface area contributed by atoms with Gasteiger partial charge in [-0.25, -0.2) is 13.6 Å². The smallest absolute Gasteiger partial charge is 0.315 e. The molecule has 140 valence electrons. The Kier molecular flexibility index (Phi) is 7.17. The lowest BCUT2D eigenvalue weighted by Gasteiger charge is -2.33. The predicted octanol–water partition coefficient (Wildman–Crippen LogP) is 3.32. The number of urea groups is 1. The molecule has 2 rings (SSSR count). The molecule has 1 aromatic carbocycles. The zero-order valence-electron chi connectivity index (χ0n) is 15.3. The van der Waals surface area contributed by atoms with Gasteiger partial charge in [-0.2, -0.15) is 0 Å². The van der Waals surface area contributed by atoms with Crippen molar-refractivity contribution < 1.29 is 13.6 Å². The van der Waals surface area contributed by atoms with Gasteiger partial charge in [-0.15, -0.1) is 0 Å². The van der Waals surface area contributed by atoms with Crippen molar-refractivity contribution >= 4 is 6.03 Å². The number of nitrogens with one attached hydrogen (secondary N) is 2. The van der Waals surface area contributed by atoms with Crippen LogP contribution in [0.5, 0.6) is 0 Å². The summed E-state index contributed by atoms with van der Waals surface area (Å²) >= 11 is 0. The van der Waals surface area contributed by atoms with Crippen molar-refractivity contribution in [1.29, 1.82) is 0 Å². The van der Waals surface area contributed by atoms with Crippen molar-refractivity contribution in [3.63, 3.8) is 0 Å². The summed E-state index contributed by atoms with van der Waals surface area (Å²) in [5, 5.41) is 5.75. The van der Waals surface area contributed by atoms with Crippen molar-refractivity contribution in [2.24, 2.45) is 5.92 Å². The molecular weight excluding hydrogens is 324 g/mol. The van der Waals surface area contributed by atoms with Crippen LogP contribution in [0.4, 0.5) is 13.6 Å². The molecular formula is C19H29F2N3O. The van der Waals surface area contributed by atoms with Crippen molar-refractivity contribution in [3.8, 4) is 0 Å². The fourth-order valence-electron chi connectivity index (χ4n) is 3.31. The molecule has 1 unspecified atom stereocenters. The van der Waals surface area contributed by atoms with E-state index in [9.17, 15) is 13.6 Å². The van der Waals surface area contributed by atoms with E-state index in [2.05, 4.69) is 29.4 Å². The lowest BCUT2D eigenvalue weighted by molar-refractivity contribution is 0.177. The van der Waals surface area contributed by atoms with Crippen LogP contribution in [-0.2, 0) is 6.42 Å². The summed E-state index contributed by atoms with van der Waals surface area (Å²) < 4.78 is 27.3. The van der Waals surface area contributed by atoms with E-state index in [1.807, 2.05) is 0 Å². The van der Waals surface area contributed by atoms with E-state index in [0.717, 1.165) is 32.5 Å². The molecule has 0 saturated carbocycles. The van der Waals surface area contributed by atoms with Gasteiger partial charge in [-0.05, 0) is 44.2 Å². The Morgan fingerprint density at radius 1 is 1.20 bits per heavy atom. The highest BCUT2D eigenvalue weighted by atomic mass is 19.1. The molecule has 1 aliphatic heterocycles. The van der Waals surface area contributed by atoms with E-state index in [4.69, 9.17) is 0 Å². The Balaban J connectivity index is 1.75. The minimum absolute atomic E-state index is 0.0114. The van der Waals surface area contributed by atoms with E-state index in [1.54, 1.807) is 6.92 Å². The van der Waals surface area contributed by atoms with Gasteiger partial charge >= 0.3 is 6.03 Å². The third-order valence-electron chi connectivity index (χ3n) is 4.50. The quantitative estimate of drug-likeness (QED) is 0.824. The molecule has 0 aliphatic carbocycles. The number of hydrogen-bond acceptors (Lipinski definition) is 2. The molecule has 0 aromatic heterocycles. The summed E-state index contributed by atoms with van der Waals surface area (Å²) in [6.07, 6.45) is 1.98. The number of benzene rings is 1. The van der Waals surface area contributed by atoms with Crippen LogP contribution in [0.1, 0.15) is 39.2 Å². The molecule has 1 heterocycles. The van der Waals surface area contributed by atoms with Crippen molar-refractivity contribution in [2.45, 2.75) is 52.1 Å². The topological polar surface area (TPSA) is 44.4 Å². The second kappa shape index (κ2) is 9.13. The fourth-order valence-corrected chi connectivity index (χ4v) is 3.31. The maximum Gasteiger partial charge on any atom is 0.315 e. The Labute approximate surface area is 149 Å². The van der Waals surface area contributed by atoms with Gasteiger partial charge in [0.2, 0.25) is 0 Å². The van der Waals surface area contributed by atoms with Gasteiger partial charge in [-0.3, -0.25) is 0 Å². The number of hydrogen-bond donors (Lipinski definition) is 2. The second-order valence-corrected chi connectivity index (χ2v) is 7.39. The molecule has 0 spiro atoms. The first-order valence-electron chi connectivity index (χ1n) is 9.07. The minimum Gasteiger partial charge on any atom is -0.335 e. The van der Waals surface area contributed by atoms with Gasteiger partial charge in [-0.1, -0.05) is 19.9 Å². The molecule has 2 N–H and O–H groups in total. The van der Waals surface area contributed by atoms with Crippen LogP contribution in [0.25, 0.3) is 0 Å². The molecule has 1 fully saturated rings. The van der Waals surface area contributed by atoms with E-state index in [-0.39, 0.29) is 30.1 Å². The summed E-state index contributed by atoms with van der Waals surface area (Å²) in [7, 11) is 0. The van der Waals surface area contributed by atoms with Crippen LogP contribution in [0.15, 0.2) is 18.2 Å². The summed E-state index contributed by atoms with van der Waals surface area (Å²) in [5.41, 5.74) is 0.0114. The maximum absolute atomic E-state index is 13.7. The normalized spacial score (nSPS) is 17.5. The van der Waals surface area contributed by atoms with Gasteiger partial charge in [0, 0.05) is 37.3 Å². The summed E-state index contributed by atoms with van der Waals surface area (Å²) in [6.45, 7) is 9.22. The fraction of sp³-hybridized carbons (Fsp3) is 0.632. The first kappa shape index (κ1) is 19.6. The SMILES string of the molecule is CC(C)CN1CCC(NC(=O)NC(C)Cc2c(F)cccc2F)CC1. The summed E-state index contributed by atoms with van der Waals surface area (Å²) in [4.78, 5) is 14.5. The first-order valence-corrected chi connectivity index (χ1v) is 9.07. The van der Waals surface area contributed by atoms with E-state index < -0.39 is 11.6 Å². The lowest BCUT2D eigenvalue weighted by Crippen LogP contribution is -2.50. The largest absolute Gasteiger partial charge is 0.335 e. The minimum atomic E-state index is -0.577. The maximum atomic E-state index is 13.7. The zero-order chi connectivity index (χ0) is 18.4. The van der Waals surface area contributed by atoms with Crippen LogP contribution in [0.3, 0.4) is 0 Å². The van der Waals surface area contributed by atoms with Crippen molar-refractivity contribution in [3.05, 3.63) is 35.4 Å². The summed E-state index contributed by atoms with van der Waals surface area (Å²) in [5.74, 6) is -0.509. The van der Waals surface area contributed by atoms with Gasteiger partial charge in [0.25, 0.3) is 0 Å². The molecule has 1 aliphatic rings. The predicted molar refractivity (Wildman–Crippen MR) is 95.5 cm³/mol. The van der Waals surface area contributed by atoms with E-state index in [0.29, 0.717) is 5.92 Å². The average Bonchev–Trinajstić information content (AvgIpc) is 2.52. The number of rotatable bonds is 6. The molecule has 1 saturated heterocycles. The van der Waals surface area contributed by atoms with Crippen molar-refractivity contribution in [2.75, 3.05) is 19.6 Å². The third-order valence-corrected chi connectivity index (χ3v) is 4.50. The number of carbonyl (C=O) groups excluding carboxylic acids is 1. The first-order chi connectivity index (χ1) is 11.8. The molecule has 1 atom stereocenters. The standard InChI is InChI=1S/C19H29F2N3O/c1-13(2)12-24-9-7-15(8-10-24)23-19(25)22-14(3)11-16-17(20)5-4-6-18(16)21/h4-6,13-15H,7-12H2,1-3H3,(H2,22,23,25). The molecule has 4 nitrogen and oxygen atoms in total. The van der Waals surface area contributed by atoms with Crippen LogP contribution < -0.4 is 10.6 Å². The molecule has 0 radical (unpaired) electrons. The third kappa shape index (κ3) is 6.27. The zero-order valence-corrected chi connectivity index (χ0v) is 15.3. The highest BCUT2D eigenvalue weighted by Crippen LogP contribution is 2.15. The molecule has 0 bridgehead atoms. The Hall–Kier alpha value is -1.69. The number of carbonyl (C=O) groups is 1. The number of halogens is 2. The van der Waals surface area contributed by atoms with Gasteiger partial charge < -0.3 is 15.5 Å². The van der Waals surface area contributed by atoms with Crippen LogP contribution >= 0.6 is 0 Å². The van der Waals surface area contributed by atoms with Crippen LogP contribution in [-0.4, -0.2) is 42.6 Å². The van der Waals surface area contributed by atoms with Gasteiger partial charge in [0.05, 0.1) is 0 Å². The highest BCUT2D eigenvalue weighted by Gasteiger charge is 2.22. The van der Waals surface area contributed by atoms with E-state index in [1.165, 1.54) is 18.2 Å². The van der Waals surface area contributed by atoms with Crippen LogP contribution in [0.2, 0.25) is 0 Å². The second-order valence-electron chi connectivity index (χ2n) is 7.39. The number of amides is 2. The van der Waals surface area contributed by atoms with E-state index >= 15 is 0 Å². The molecule has 25 heavy (non-hydrogen) atoms. The Morgan fingerprint density at radius 3 is 2.36 bits per heavy atom. The summed E-state index contributed by atoms with van der Waals surface area (Å²) in [6, 6.07) is 3.33. The highest BCUT2D eigenvalue weighted by molar-refractivity contribution is 5.74. The average molecular weight is 353 g/mol. The van der Waals surface area contributed by atoms with Crippen LogP contribution in [0, 0.1) is 17.6 Å². The Morgan fingerprint density at radius 2 is 1.80 bits per heavy atom. The number of nitrogens with zero attached hydrogens (tertiary/aromatic N) is 1. The van der Waals surface area contributed by atoms with Gasteiger partial charge in [0.1, 0.15) is 11.6 Å².